The van der Waals surface area contributed by atoms with Crippen molar-refractivity contribution in [1.29, 1.82) is 5.26 Å². The molecule has 2 aliphatic heterocycles. The molecule has 0 saturated carbocycles. The van der Waals surface area contributed by atoms with E-state index >= 15 is 13.2 Å². The van der Waals surface area contributed by atoms with Gasteiger partial charge in [-0.2, -0.15) is 27.2 Å². The summed E-state index contributed by atoms with van der Waals surface area (Å²) in [5.74, 6) is -4.90. The number of thiazole rings is 1. The molecule has 24 heteroatoms. The van der Waals surface area contributed by atoms with Crippen LogP contribution in [0, 0.1) is 29.5 Å². The maximum Gasteiger partial charge on any atom is 0.419 e. The van der Waals surface area contributed by atoms with Gasteiger partial charge in [-0.25, -0.2) is 24.2 Å². The number of thiocarbonyl (C=S) groups is 1. The molecule has 4 heterocycles. The van der Waals surface area contributed by atoms with Gasteiger partial charge in [-0.1, -0.05) is 45.0 Å². The molecule has 71 heavy (non-hydrogen) atoms. The predicted molar refractivity (Wildman–Crippen MR) is 250 cm³/mol. The first-order valence-electron chi connectivity index (χ1n) is 22.2. The van der Waals surface area contributed by atoms with E-state index in [-0.39, 0.29) is 68.1 Å². The molecule has 0 aliphatic carbocycles. The number of nitrogens with zero attached hydrogens (tertiary/aromatic N) is 6. The first kappa shape index (κ1) is 54.1. The molecule has 380 valence electrons. The highest BCUT2D eigenvalue weighted by atomic mass is 32.1. The summed E-state index contributed by atoms with van der Waals surface area (Å²) in [6.45, 7) is 7.76. The molecule has 4 aromatic rings. The lowest BCUT2D eigenvalue weighted by Gasteiger charge is -2.35. The number of anilines is 2. The van der Waals surface area contributed by atoms with E-state index in [1.807, 2.05) is 31.2 Å². The van der Waals surface area contributed by atoms with Crippen LogP contribution in [0.15, 0.2) is 60.2 Å². The zero-order chi connectivity index (χ0) is 51.8. The molecule has 3 atom stereocenters. The fraction of sp³-hybridized carbons (Fsp3) is 0.447. The highest BCUT2D eigenvalue weighted by Gasteiger charge is 2.59. The van der Waals surface area contributed by atoms with Crippen LogP contribution < -0.4 is 25.2 Å². The number of rotatable bonds is 20. The first-order valence-corrected chi connectivity index (χ1v) is 23.5. The fourth-order valence-electron chi connectivity index (χ4n) is 7.67. The third-order valence-electron chi connectivity index (χ3n) is 11.3. The van der Waals surface area contributed by atoms with Crippen molar-refractivity contribution in [3.8, 4) is 22.3 Å². The highest BCUT2D eigenvalue weighted by molar-refractivity contribution is 7.81. The third kappa shape index (κ3) is 13.0. The number of hydrogen-bond donors (Lipinski definition) is 3. The van der Waals surface area contributed by atoms with Crippen LogP contribution in [-0.2, 0) is 41.4 Å². The van der Waals surface area contributed by atoms with Gasteiger partial charge in [0.15, 0.2) is 22.4 Å². The summed E-state index contributed by atoms with van der Waals surface area (Å²) in [4.78, 5) is 63.1. The molecule has 0 radical (unpaired) electrons. The second-order valence-corrected chi connectivity index (χ2v) is 18.9. The average Bonchev–Trinajstić information content (AvgIpc) is 3.98. The molecule has 2 aliphatic rings. The molecule has 16 nitrogen and oxygen atoms in total. The van der Waals surface area contributed by atoms with Gasteiger partial charge in [0.05, 0.1) is 51.9 Å². The minimum atomic E-state index is -5.10. The first-order chi connectivity index (χ1) is 33.5. The second kappa shape index (κ2) is 22.9. The molecular weight excluding hydrogens is 983 g/mol. The minimum absolute atomic E-state index is 0.00392. The van der Waals surface area contributed by atoms with Crippen LogP contribution in [0.5, 0.6) is 5.75 Å². The Morgan fingerprint density at radius 1 is 1.00 bits per heavy atom. The van der Waals surface area contributed by atoms with E-state index in [9.17, 15) is 37.5 Å². The standard InChI is InChI=1S/C47H50F6N8O8S2/c1-27-39(71-26-57-27)29-10-8-28(9-11-29)22-56-41(64)36-20-32(62)24-59(36)42(65)40(45(2,3)4)58-38(63)25-68-16-7-15-67-14-5-6-17-69-37-13-12-30(19-34(37)48)61-44(70)60(43(66)47(61,52)53)31-18-33(46(49,50)51)35(21-54)55-23-31/h8-13,18-19,23,26,32,36,40,62H,5-7,14-17,20,22,24-25H2,1-4H3,(H,56,64)(H,58,63)/t32-,36+,40-/m1/s1. The van der Waals surface area contributed by atoms with Crippen LogP contribution in [-0.4, -0.2) is 113 Å². The van der Waals surface area contributed by atoms with Crippen LogP contribution in [0.2, 0.25) is 0 Å². The van der Waals surface area contributed by atoms with E-state index in [0.717, 1.165) is 33.8 Å². The summed E-state index contributed by atoms with van der Waals surface area (Å²) in [6.07, 6.45) is -4.07. The molecule has 6 rings (SSSR count). The van der Waals surface area contributed by atoms with Crippen LogP contribution in [0.4, 0.5) is 37.7 Å². The minimum Gasteiger partial charge on any atom is -0.491 e. The molecule has 0 bridgehead atoms. The predicted octanol–water partition coefficient (Wildman–Crippen LogP) is 6.67. The van der Waals surface area contributed by atoms with Crippen molar-refractivity contribution >= 4 is 63.7 Å². The van der Waals surface area contributed by atoms with E-state index in [1.165, 1.54) is 11.0 Å². The lowest BCUT2D eigenvalue weighted by molar-refractivity contribution is -0.144. The molecule has 2 fully saturated rings. The van der Waals surface area contributed by atoms with E-state index in [2.05, 4.69) is 20.6 Å². The van der Waals surface area contributed by atoms with E-state index in [0.29, 0.717) is 37.6 Å². The van der Waals surface area contributed by atoms with Gasteiger partial charge < -0.3 is 34.9 Å². The van der Waals surface area contributed by atoms with E-state index in [4.69, 9.17) is 31.7 Å². The van der Waals surface area contributed by atoms with Crippen LogP contribution >= 0.6 is 23.6 Å². The zero-order valence-electron chi connectivity index (χ0n) is 38.9. The van der Waals surface area contributed by atoms with Crippen molar-refractivity contribution in [1.82, 2.24) is 25.5 Å². The number of aliphatic hydroxyl groups is 1. The van der Waals surface area contributed by atoms with Crippen molar-refractivity contribution in [2.45, 2.75) is 90.3 Å². The van der Waals surface area contributed by atoms with Gasteiger partial charge in [-0.3, -0.25) is 19.2 Å². The van der Waals surface area contributed by atoms with Gasteiger partial charge in [-0.15, -0.1) is 11.3 Å². The van der Waals surface area contributed by atoms with Crippen molar-refractivity contribution in [2.75, 3.05) is 49.4 Å². The van der Waals surface area contributed by atoms with Crippen LogP contribution in [0.1, 0.15) is 69.0 Å². The Balaban J connectivity index is 0.879. The molecule has 2 aromatic carbocycles. The second-order valence-electron chi connectivity index (χ2n) is 17.6. The SMILES string of the molecule is Cc1ncsc1-c1ccc(CNC(=O)[C@@H]2C[C@@H](O)CN2C(=O)[C@@H](NC(=O)COCCCOCCCCOc2ccc(N3C(=S)N(c4cnc(C#N)c(C(F)(F)F)c4)C(=O)C3(F)F)cc2F)C(C)(C)C)cc1. The van der Waals surface area contributed by atoms with E-state index in [1.54, 1.807) is 37.6 Å². The Morgan fingerprint density at radius 2 is 1.69 bits per heavy atom. The number of aromatic nitrogens is 2. The molecule has 3 N–H and O–H groups in total. The normalized spacial score (nSPS) is 17.4. The number of unbranched alkanes of at least 4 members (excludes halogenated alkanes) is 1. The Bertz CT molecular complexity index is 2640. The summed E-state index contributed by atoms with van der Waals surface area (Å²) >= 11 is 6.57. The fourth-order valence-corrected chi connectivity index (χ4v) is 8.89. The van der Waals surface area contributed by atoms with Crippen molar-refractivity contribution < 1.29 is 64.8 Å². The molecule has 4 amide bonds. The summed E-state index contributed by atoms with van der Waals surface area (Å²) < 4.78 is 103. The number of ether oxygens (including phenoxy) is 3. The quantitative estimate of drug-likeness (QED) is 0.0368. The van der Waals surface area contributed by atoms with Gasteiger partial charge >= 0.3 is 18.1 Å². The molecule has 2 aromatic heterocycles. The smallest absolute Gasteiger partial charge is 0.419 e. The van der Waals surface area contributed by atoms with Gasteiger partial charge in [-0.05, 0) is 73.1 Å². The summed E-state index contributed by atoms with van der Waals surface area (Å²) in [7, 11) is 0. The summed E-state index contributed by atoms with van der Waals surface area (Å²) in [5.41, 5.74) is -0.164. The van der Waals surface area contributed by atoms with Crippen LogP contribution in [0.3, 0.4) is 0 Å². The number of nitrogens with one attached hydrogen (secondary N) is 2. The number of carbonyl (C=O) groups excluding carboxylic acids is 4. The number of aliphatic hydroxyl groups excluding tert-OH is 1. The van der Waals surface area contributed by atoms with Crippen molar-refractivity contribution in [3.63, 3.8) is 0 Å². The summed E-state index contributed by atoms with van der Waals surface area (Å²) in [5, 5.41) is 24.2. The van der Waals surface area contributed by atoms with Crippen molar-refractivity contribution in [3.05, 3.63) is 88.6 Å². The summed E-state index contributed by atoms with van der Waals surface area (Å²) in [6, 6.07) is 5.52. The van der Waals surface area contributed by atoms with Gasteiger partial charge in [0.25, 0.3) is 0 Å². The molecule has 0 unspecified atom stereocenters. The largest absolute Gasteiger partial charge is 0.491 e. The number of β-amino-alcohol motifs (C(OH)–C–C–N with tert-alkyl or cyclic N) is 1. The zero-order valence-corrected chi connectivity index (χ0v) is 40.5. The lowest BCUT2D eigenvalue weighted by atomic mass is 9.85. The van der Waals surface area contributed by atoms with E-state index < -0.39 is 93.0 Å². The number of benzene rings is 2. The maximum atomic E-state index is 15.3. The van der Waals surface area contributed by atoms with Gasteiger partial charge in [0.1, 0.15) is 24.8 Å². The number of likely N-dealkylation sites (tertiary alicyclic amines) is 1. The number of carbonyl (C=O) groups is 4. The van der Waals surface area contributed by atoms with Gasteiger partial charge in [0.2, 0.25) is 17.7 Å². The number of halogens is 6. The Kier molecular flexibility index (Phi) is 17.4. The van der Waals surface area contributed by atoms with Gasteiger partial charge in [0, 0.05) is 45.4 Å². The number of pyridine rings is 1. The molecule has 0 spiro atoms. The molecular formula is C47H50F6N8O8S2. The Hall–Kier alpha value is -6.26. The monoisotopic (exact) mass is 1030 g/mol. The number of amides is 4. The number of aryl methyl sites for hydroxylation is 1. The third-order valence-corrected chi connectivity index (χ3v) is 12.6. The number of nitriles is 1. The average molecular weight is 1030 g/mol. The van der Waals surface area contributed by atoms with Crippen LogP contribution in [0.25, 0.3) is 10.4 Å². The lowest BCUT2D eigenvalue weighted by Crippen LogP contribution is -2.58. The van der Waals surface area contributed by atoms with Crippen molar-refractivity contribution in [2.24, 2.45) is 5.41 Å². The Morgan fingerprint density at radius 3 is 2.34 bits per heavy atom. The Labute approximate surface area is 413 Å². The maximum absolute atomic E-state index is 15.3. The topological polar surface area (TPSA) is 200 Å². The highest BCUT2D eigenvalue weighted by Crippen LogP contribution is 2.41. The number of alkyl halides is 5. The molecule has 2 saturated heterocycles. The number of hydrogen-bond acceptors (Lipinski definition) is 13.